The lowest BCUT2D eigenvalue weighted by atomic mass is 10.1. The summed E-state index contributed by atoms with van der Waals surface area (Å²) in [6.45, 7) is 3.67. The maximum absolute atomic E-state index is 11.9. The van der Waals surface area contributed by atoms with Crippen LogP contribution in [-0.4, -0.2) is 21.1 Å². The number of rotatable bonds is 3. The highest BCUT2D eigenvalue weighted by molar-refractivity contribution is 9.10. The average Bonchev–Trinajstić information content (AvgIpc) is 2.76. The van der Waals surface area contributed by atoms with Gasteiger partial charge in [-0.25, -0.2) is 4.98 Å². The summed E-state index contributed by atoms with van der Waals surface area (Å²) in [5, 5.41) is 9.32. The number of aromatic amines is 1. The van der Waals surface area contributed by atoms with E-state index < -0.39 is 0 Å². The number of hydrogen-bond donors (Lipinski definition) is 2. The second-order valence-electron chi connectivity index (χ2n) is 3.96. The summed E-state index contributed by atoms with van der Waals surface area (Å²) in [5.41, 5.74) is 1.01. The third kappa shape index (κ3) is 2.76. The van der Waals surface area contributed by atoms with Crippen LogP contribution in [0.2, 0.25) is 0 Å². The number of aryl methyl sites for hydroxylation is 1. The molecule has 0 saturated heterocycles. The van der Waals surface area contributed by atoms with E-state index in [1.807, 2.05) is 31.2 Å². The van der Waals surface area contributed by atoms with Gasteiger partial charge in [0.05, 0.1) is 6.04 Å². The summed E-state index contributed by atoms with van der Waals surface area (Å²) in [5.74, 6) is 0.489. The van der Waals surface area contributed by atoms with Crippen molar-refractivity contribution in [1.82, 2.24) is 20.5 Å². The maximum atomic E-state index is 11.9. The molecule has 1 atom stereocenters. The minimum absolute atomic E-state index is 0.119. The molecule has 0 radical (unpaired) electrons. The lowest BCUT2D eigenvalue weighted by molar-refractivity contribution is 0.0929. The molecule has 0 aliphatic heterocycles. The lowest BCUT2D eigenvalue weighted by Gasteiger charge is -2.14. The topological polar surface area (TPSA) is 70.7 Å². The monoisotopic (exact) mass is 308 g/mol. The van der Waals surface area contributed by atoms with Crippen molar-refractivity contribution in [2.24, 2.45) is 0 Å². The van der Waals surface area contributed by atoms with E-state index in [2.05, 4.69) is 36.4 Å². The van der Waals surface area contributed by atoms with Crippen LogP contribution in [0.25, 0.3) is 0 Å². The van der Waals surface area contributed by atoms with Crippen molar-refractivity contribution < 1.29 is 4.79 Å². The molecule has 0 aliphatic carbocycles. The summed E-state index contributed by atoms with van der Waals surface area (Å²) in [6, 6.07) is 7.64. The first-order valence-electron chi connectivity index (χ1n) is 5.52. The van der Waals surface area contributed by atoms with Gasteiger partial charge in [0.1, 0.15) is 5.82 Å². The molecule has 2 rings (SSSR count). The van der Waals surface area contributed by atoms with Gasteiger partial charge in [-0.2, -0.15) is 0 Å². The first-order valence-corrected chi connectivity index (χ1v) is 6.31. The van der Waals surface area contributed by atoms with Gasteiger partial charge in [0.2, 0.25) is 5.82 Å². The predicted molar refractivity (Wildman–Crippen MR) is 71.1 cm³/mol. The van der Waals surface area contributed by atoms with Crippen LogP contribution in [0.1, 0.15) is 35.0 Å². The molecule has 0 aliphatic rings. The van der Waals surface area contributed by atoms with Gasteiger partial charge in [0.15, 0.2) is 0 Å². The zero-order valence-corrected chi connectivity index (χ0v) is 11.7. The van der Waals surface area contributed by atoms with Crippen molar-refractivity contribution in [3.05, 3.63) is 46.0 Å². The molecule has 1 aromatic carbocycles. The standard InChI is InChI=1S/C12H13BrN4O/c1-7(9-5-3-4-6-10(9)13)14-12(18)11-15-8(2)16-17-11/h3-7H,1-2H3,(H,14,18)(H,15,16,17). The van der Waals surface area contributed by atoms with Crippen LogP contribution in [0, 0.1) is 6.92 Å². The van der Waals surface area contributed by atoms with Crippen LogP contribution in [0.4, 0.5) is 0 Å². The van der Waals surface area contributed by atoms with Crippen LogP contribution in [-0.2, 0) is 0 Å². The number of halogens is 1. The summed E-state index contributed by atoms with van der Waals surface area (Å²) >= 11 is 3.46. The molecule has 1 amide bonds. The zero-order valence-electron chi connectivity index (χ0n) is 10.1. The number of aromatic nitrogens is 3. The second kappa shape index (κ2) is 5.30. The number of carbonyl (C=O) groups excluding carboxylic acids is 1. The van der Waals surface area contributed by atoms with Crippen LogP contribution < -0.4 is 5.32 Å². The Labute approximate surface area is 113 Å². The molecule has 1 aromatic heterocycles. The van der Waals surface area contributed by atoms with E-state index in [4.69, 9.17) is 0 Å². The Hall–Kier alpha value is -1.69. The van der Waals surface area contributed by atoms with Gasteiger partial charge < -0.3 is 5.32 Å². The molecule has 94 valence electrons. The minimum Gasteiger partial charge on any atom is -0.343 e. The molecule has 0 saturated carbocycles. The lowest BCUT2D eigenvalue weighted by Crippen LogP contribution is -2.27. The Kier molecular flexibility index (Phi) is 3.76. The normalized spacial score (nSPS) is 12.2. The van der Waals surface area contributed by atoms with E-state index >= 15 is 0 Å². The molecule has 0 fully saturated rings. The van der Waals surface area contributed by atoms with E-state index in [-0.39, 0.29) is 17.8 Å². The molecule has 0 spiro atoms. The highest BCUT2D eigenvalue weighted by atomic mass is 79.9. The summed E-state index contributed by atoms with van der Waals surface area (Å²) in [4.78, 5) is 15.9. The molecule has 2 N–H and O–H groups in total. The van der Waals surface area contributed by atoms with Gasteiger partial charge in [-0.1, -0.05) is 34.1 Å². The molecule has 0 bridgehead atoms. The second-order valence-corrected chi connectivity index (χ2v) is 4.82. The van der Waals surface area contributed by atoms with Crippen molar-refractivity contribution in [3.8, 4) is 0 Å². The van der Waals surface area contributed by atoms with E-state index in [1.54, 1.807) is 6.92 Å². The SMILES string of the molecule is Cc1nc(C(=O)NC(C)c2ccccc2Br)n[nH]1. The van der Waals surface area contributed by atoms with E-state index in [1.165, 1.54) is 0 Å². The fourth-order valence-corrected chi connectivity index (χ4v) is 2.24. The van der Waals surface area contributed by atoms with Crippen LogP contribution >= 0.6 is 15.9 Å². The van der Waals surface area contributed by atoms with Crippen molar-refractivity contribution in [3.63, 3.8) is 0 Å². The molecular weight excluding hydrogens is 296 g/mol. The van der Waals surface area contributed by atoms with Crippen LogP contribution in [0.15, 0.2) is 28.7 Å². The average molecular weight is 309 g/mol. The van der Waals surface area contributed by atoms with E-state index in [9.17, 15) is 4.79 Å². The smallest absolute Gasteiger partial charge is 0.291 e. The molecule has 1 heterocycles. The number of nitrogens with one attached hydrogen (secondary N) is 2. The predicted octanol–water partition coefficient (Wildman–Crippen LogP) is 2.37. The van der Waals surface area contributed by atoms with E-state index in [0.29, 0.717) is 5.82 Å². The highest BCUT2D eigenvalue weighted by Crippen LogP contribution is 2.22. The largest absolute Gasteiger partial charge is 0.343 e. The Morgan fingerprint density at radius 3 is 2.78 bits per heavy atom. The molecular formula is C12H13BrN4O. The zero-order chi connectivity index (χ0) is 13.1. The third-order valence-corrected chi connectivity index (χ3v) is 3.24. The van der Waals surface area contributed by atoms with Gasteiger partial charge in [-0.15, -0.1) is 5.10 Å². The summed E-state index contributed by atoms with van der Waals surface area (Å²) in [7, 11) is 0. The first-order chi connectivity index (χ1) is 8.58. The van der Waals surface area contributed by atoms with Crippen molar-refractivity contribution in [1.29, 1.82) is 0 Å². The highest BCUT2D eigenvalue weighted by Gasteiger charge is 2.16. The molecule has 6 heteroatoms. The molecule has 5 nitrogen and oxygen atoms in total. The maximum Gasteiger partial charge on any atom is 0.291 e. The van der Waals surface area contributed by atoms with E-state index in [0.717, 1.165) is 10.0 Å². The summed E-state index contributed by atoms with van der Waals surface area (Å²) < 4.78 is 0.962. The van der Waals surface area contributed by atoms with Gasteiger partial charge in [-0.3, -0.25) is 9.89 Å². The van der Waals surface area contributed by atoms with Crippen molar-refractivity contribution in [2.45, 2.75) is 19.9 Å². The number of carbonyl (C=O) groups is 1. The first kappa shape index (κ1) is 12.8. The Balaban J connectivity index is 2.10. The number of hydrogen-bond acceptors (Lipinski definition) is 3. The van der Waals surface area contributed by atoms with Crippen LogP contribution in [0.3, 0.4) is 0 Å². The Morgan fingerprint density at radius 2 is 2.17 bits per heavy atom. The van der Waals surface area contributed by atoms with Crippen molar-refractivity contribution >= 4 is 21.8 Å². The molecule has 18 heavy (non-hydrogen) atoms. The number of amides is 1. The minimum atomic E-state index is -0.289. The number of H-pyrrole nitrogens is 1. The fourth-order valence-electron chi connectivity index (χ4n) is 1.61. The van der Waals surface area contributed by atoms with Gasteiger partial charge in [0, 0.05) is 4.47 Å². The molecule has 1 unspecified atom stereocenters. The fraction of sp³-hybridized carbons (Fsp3) is 0.250. The van der Waals surface area contributed by atoms with Crippen LogP contribution in [0.5, 0.6) is 0 Å². The third-order valence-electron chi connectivity index (χ3n) is 2.52. The number of benzene rings is 1. The van der Waals surface area contributed by atoms with Gasteiger partial charge in [-0.05, 0) is 25.5 Å². The van der Waals surface area contributed by atoms with Crippen molar-refractivity contribution in [2.75, 3.05) is 0 Å². The number of nitrogens with zero attached hydrogens (tertiary/aromatic N) is 2. The van der Waals surface area contributed by atoms with Gasteiger partial charge in [0.25, 0.3) is 5.91 Å². The molecule has 2 aromatic rings. The Morgan fingerprint density at radius 1 is 1.44 bits per heavy atom. The quantitative estimate of drug-likeness (QED) is 0.914. The van der Waals surface area contributed by atoms with Gasteiger partial charge >= 0.3 is 0 Å². The Bertz CT molecular complexity index is 567. The summed E-state index contributed by atoms with van der Waals surface area (Å²) in [6.07, 6.45) is 0.